The van der Waals surface area contributed by atoms with Crippen LogP contribution in [0.2, 0.25) is 0 Å². The summed E-state index contributed by atoms with van der Waals surface area (Å²) in [4.78, 5) is 13.1. The van der Waals surface area contributed by atoms with E-state index in [9.17, 15) is 4.79 Å². The van der Waals surface area contributed by atoms with E-state index in [4.69, 9.17) is 5.73 Å². The topological polar surface area (TPSA) is 55.6 Å². The highest BCUT2D eigenvalue weighted by Gasteiger charge is 2.16. The summed E-state index contributed by atoms with van der Waals surface area (Å²) in [5.41, 5.74) is 5.76. The van der Waals surface area contributed by atoms with Gasteiger partial charge in [-0.15, -0.1) is 0 Å². The van der Waals surface area contributed by atoms with Gasteiger partial charge in [0.2, 0.25) is 0 Å². The standard InChI is InChI=1S/C9H18N2O2/c1-13-9(12)4-7-11-5-2-8(10)3-6-11/h8H,2-7,10H2,1H3. The molecular weight excluding hydrogens is 168 g/mol. The highest BCUT2D eigenvalue weighted by Crippen LogP contribution is 2.08. The minimum Gasteiger partial charge on any atom is -0.469 e. The Kier molecular flexibility index (Phi) is 4.18. The number of carbonyl (C=O) groups excluding carboxylic acids is 1. The quantitative estimate of drug-likeness (QED) is 0.629. The molecule has 76 valence electrons. The van der Waals surface area contributed by atoms with E-state index in [0.29, 0.717) is 12.5 Å². The Balaban J connectivity index is 2.12. The molecule has 0 aromatic rings. The first-order valence-corrected chi connectivity index (χ1v) is 4.77. The predicted molar refractivity (Wildman–Crippen MR) is 50.3 cm³/mol. The van der Waals surface area contributed by atoms with Crippen molar-refractivity contribution in [1.82, 2.24) is 4.90 Å². The van der Waals surface area contributed by atoms with Crippen LogP contribution >= 0.6 is 0 Å². The van der Waals surface area contributed by atoms with Crippen molar-refractivity contribution in [2.24, 2.45) is 5.73 Å². The molecule has 0 spiro atoms. The lowest BCUT2D eigenvalue weighted by atomic mass is 10.1. The molecule has 0 radical (unpaired) electrons. The third-order valence-electron chi connectivity index (χ3n) is 2.49. The molecule has 1 fully saturated rings. The van der Waals surface area contributed by atoms with Gasteiger partial charge in [-0.2, -0.15) is 0 Å². The fourth-order valence-corrected chi connectivity index (χ4v) is 1.53. The molecule has 0 aliphatic carbocycles. The molecule has 0 bridgehead atoms. The van der Waals surface area contributed by atoms with E-state index in [1.807, 2.05) is 0 Å². The summed E-state index contributed by atoms with van der Waals surface area (Å²) in [5, 5.41) is 0. The van der Waals surface area contributed by atoms with Crippen molar-refractivity contribution in [2.45, 2.75) is 25.3 Å². The number of nitrogens with zero attached hydrogens (tertiary/aromatic N) is 1. The molecule has 2 N–H and O–H groups in total. The molecule has 0 amide bonds. The summed E-state index contributed by atoms with van der Waals surface area (Å²) >= 11 is 0. The maximum absolute atomic E-state index is 10.8. The van der Waals surface area contributed by atoms with Crippen LogP contribution in [0.5, 0.6) is 0 Å². The van der Waals surface area contributed by atoms with Gasteiger partial charge in [-0.25, -0.2) is 0 Å². The van der Waals surface area contributed by atoms with Gasteiger partial charge >= 0.3 is 5.97 Å². The Morgan fingerprint density at radius 1 is 1.54 bits per heavy atom. The maximum atomic E-state index is 10.8. The van der Waals surface area contributed by atoms with Crippen LogP contribution in [0.25, 0.3) is 0 Å². The summed E-state index contributed by atoms with van der Waals surface area (Å²) in [7, 11) is 1.43. The van der Waals surface area contributed by atoms with Crippen LogP contribution in [-0.4, -0.2) is 43.7 Å². The molecular formula is C9H18N2O2. The van der Waals surface area contributed by atoms with Crippen molar-refractivity contribution in [2.75, 3.05) is 26.7 Å². The normalized spacial score (nSPS) is 20.2. The monoisotopic (exact) mass is 186 g/mol. The second kappa shape index (κ2) is 5.19. The first-order valence-electron chi connectivity index (χ1n) is 4.77. The fraction of sp³-hybridized carbons (Fsp3) is 0.889. The summed E-state index contributed by atoms with van der Waals surface area (Å²) in [5.74, 6) is -0.130. The fourth-order valence-electron chi connectivity index (χ4n) is 1.53. The smallest absolute Gasteiger partial charge is 0.306 e. The number of rotatable bonds is 3. The second-order valence-corrected chi connectivity index (χ2v) is 3.51. The van der Waals surface area contributed by atoms with E-state index in [0.717, 1.165) is 32.5 Å². The van der Waals surface area contributed by atoms with E-state index in [-0.39, 0.29) is 5.97 Å². The zero-order chi connectivity index (χ0) is 9.68. The molecule has 0 saturated carbocycles. The van der Waals surface area contributed by atoms with Gasteiger partial charge in [-0.3, -0.25) is 4.79 Å². The van der Waals surface area contributed by atoms with Crippen LogP contribution in [0, 0.1) is 0 Å². The molecule has 0 aromatic heterocycles. The summed E-state index contributed by atoms with van der Waals surface area (Å²) in [6, 6.07) is 0.356. The largest absolute Gasteiger partial charge is 0.469 e. The Morgan fingerprint density at radius 2 is 2.15 bits per heavy atom. The average molecular weight is 186 g/mol. The molecule has 0 aromatic carbocycles. The molecule has 1 heterocycles. The molecule has 0 atom stereocenters. The minimum atomic E-state index is -0.130. The lowest BCUT2D eigenvalue weighted by molar-refractivity contribution is -0.141. The highest BCUT2D eigenvalue weighted by molar-refractivity contribution is 5.69. The maximum Gasteiger partial charge on any atom is 0.306 e. The van der Waals surface area contributed by atoms with Crippen molar-refractivity contribution in [1.29, 1.82) is 0 Å². The van der Waals surface area contributed by atoms with Gasteiger partial charge in [0.25, 0.3) is 0 Å². The van der Waals surface area contributed by atoms with E-state index < -0.39 is 0 Å². The van der Waals surface area contributed by atoms with E-state index in [2.05, 4.69) is 9.64 Å². The third kappa shape index (κ3) is 3.74. The second-order valence-electron chi connectivity index (χ2n) is 3.51. The van der Waals surface area contributed by atoms with Crippen LogP contribution in [0.15, 0.2) is 0 Å². The van der Waals surface area contributed by atoms with Crippen molar-refractivity contribution in [3.63, 3.8) is 0 Å². The van der Waals surface area contributed by atoms with Gasteiger partial charge < -0.3 is 15.4 Å². The van der Waals surface area contributed by atoms with Crippen molar-refractivity contribution >= 4 is 5.97 Å². The minimum absolute atomic E-state index is 0.130. The Hall–Kier alpha value is -0.610. The van der Waals surface area contributed by atoms with Crippen LogP contribution < -0.4 is 5.73 Å². The SMILES string of the molecule is COC(=O)CCN1CCC(N)CC1. The van der Waals surface area contributed by atoms with Crippen LogP contribution in [0.1, 0.15) is 19.3 Å². The van der Waals surface area contributed by atoms with Gasteiger partial charge in [0, 0.05) is 12.6 Å². The zero-order valence-electron chi connectivity index (χ0n) is 8.16. The molecule has 0 unspecified atom stereocenters. The lowest BCUT2D eigenvalue weighted by Gasteiger charge is -2.29. The molecule has 1 aliphatic rings. The van der Waals surface area contributed by atoms with E-state index in [1.165, 1.54) is 7.11 Å². The van der Waals surface area contributed by atoms with E-state index in [1.54, 1.807) is 0 Å². The van der Waals surface area contributed by atoms with Crippen molar-refractivity contribution in [3.8, 4) is 0 Å². The molecule has 4 heteroatoms. The number of piperidine rings is 1. The number of hydrogen-bond acceptors (Lipinski definition) is 4. The number of methoxy groups -OCH3 is 1. The zero-order valence-corrected chi connectivity index (χ0v) is 8.16. The third-order valence-corrected chi connectivity index (χ3v) is 2.49. The van der Waals surface area contributed by atoms with E-state index >= 15 is 0 Å². The van der Waals surface area contributed by atoms with Gasteiger partial charge in [0.1, 0.15) is 0 Å². The highest BCUT2D eigenvalue weighted by atomic mass is 16.5. The van der Waals surface area contributed by atoms with Crippen molar-refractivity contribution < 1.29 is 9.53 Å². The summed E-state index contributed by atoms with van der Waals surface area (Å²) in [6.45, 7) is 2.83. The van der Waals surface area contributed by atoms with Crippen LogP contribution in [-0.2, 0) is 9.53 Å². The summed E-state index contributed by atoms with van der Waals surface area (Å²) < 4.78 is 4.57. The lowest BCUT2D eigenvalue weighted by Crippen LogP contribution is -2.40. The first-order chi connectivity index (χ1) is 6.22. The number of esters is 1. The van der Waals surface area contributed by atoms with Gasteiger partial charge in [0.15, 0.2) is 0 Å². The molecule has 1 rings (SSSR count). The average Bonchev–Trinajstić information content (AvgIpc) is 2.16. The predicted octanol–water partition coefficient (Wildman–Crippen LogP) is -0.0274. The first kappa shape index (κ1) is 10.5. The number of hydrogen-bond donors (Lipinski definition) is 1. The van der Waals surface area contributed by atoms with Gasteiger partial charge in [-0.1, -0.05) is 0 Å². The van der Waals surface area contributed by atoms with Gasteiger partial charge in [0.05, 0.1) is 13.5 Å². The van der Waals surface area contributed by atoms with Crippen molar-refractivity contribution in [3.05, 3.63) is 0 Å². The number of likely N-dealkylation sites (tertiary alicyclic amines) is 1. The number of nitrogens with two attached hydrogens (primary N) is 1. The molecule has 1 aliphatic heterocycles. The number of ether oxygens (including phenoxy) is 1. The van der Waals surface area contributed by atoms with Gasteiger partial charge in [-0.05, 0) is 25.9 Å². The summed E-state index contributed by atoms with van der Waals surface area (Å²) in [6.07, 6.45) is 2.58. The Labute approximate surface area is 79.0 Å². The number of carbonyl (C=O) groups is 1. The molecule has 13 heavy (non-hydrogen) atoms. The molecule has 4 nitrogen and oxygen atoms in total. The van der Waals surface area contributed by atoms with Crippen LogP contribution in [0.3, 0.4) is 0 Å². The molecule has 1 saturated heterocycles. The van der Waals surface area contributed by atoms with Crippen LogP contribution in [0.4, 0.5) is 0 Å². The Bertz CT molecular complexity index is 165. The Morgan fingerprint density at radius 3 is 2.69 bits per heavy atom.